The van der Waals surface area contributed by atoms with Gasteiger partial charge >= 0.3 is 6.18 Å². The van der Waals surface area contributed by atoms with Gasteiger partial charge in [0.25, 0.3) is 0 Å². The van der Waals surface area contributed by atoms with E-state index in [9.17, 15) is 13.2 Å². The predicted molar refractivity (Wildman–Crippen MR) is 107 cm³/mol. The molecule has 8 heteroatoms. The second-order valence-electron chi connectivity index (χ2n) is 8.10. The first kappa shape index (κ1) is 20.9. The van der Waals surface area contributed by atoms with E-state index in [0.29, 0.717) is 21.9 Å². The minimum Gasteiger partial charge on any atom is -0.242 e. The standard InChI is InChI=1S/C21H20Cl2F3NO2/c1-11-3-4-13-8-17(11)28-29-20(13,2)6-5-12-7-18(21(24,25)26)27-19-15(12)9-14(22)10-16(19)23/h5-7,9-11,13,17H,3-4,8H2,1-2H3/b6-5-/t11-,13+,17-,20-/m0/s1. The van der Waals surface area contributed by atoms with Crippen LogP contribution in [0.1, 0.15) is 44.4 Å². The second kappa shape index (κ2) is 7.41. The molecular formula is C21H20Cl2F3NO2. The van der Waals surface area contributed by atoms with Crippen LogP contribution in [0.25, 0.3) is 17.0 Å². The van der Waals surface area contributed by atoms with Gasteiger partial charge in [-0.15, -0.1) is 0 Å². The summed E-state index contributed by atoms with van der Waals surface area (Å²) < 4.78 is 40.1. The summed E-state index contributed by atoms with van der Waals surface area (Å²) in [5.41, 5.74) is -1.36. The number of hydrogen-bond donors (Lipinski definition) is 0. The van der Waals surface area contributed by atoms with Crippen molar-refractivity contribution in [3.05, 3.63) is 45.6 Å². The first-order valence-corrected chi connectivity index (χ1v) is 10.2. The molecule has 0 radical (unpaired) electrons. The number of nitrogens with zero attached hydrogens (tertiary/aromatic N) is 1. The highest BCUT2D eigenvalue weighted by molar-refractivity contribution is 6.38. The first-order chi connectivity index (χ1) is 13.6. The zero-order valence-corrected chi connectivity index (χ0v) is 17.4. The highest BCUT2D eigenvalue weighted by Gasteiger charge is 2.45. The molecule has 4 atom stereocenters. The zero-order chi connectivity index (χ0) is 21.0. The fourth-order valence-corrected chi connectivity index (χ4v) is 4.68. The minimum absolute atomic E-state index is 0.0584. The Morgan fingerprint density at radius 2 is 1.97 bits per heavy atom. The van der Waals surface area contributed by atoms with Gasteiger partial charge in [0.05, 0.1) is 16.6 Å². The number of benzene rings is 1. The van der Waals surface area contributed by atoms with E-state index < -0.39 is 17.5 Å². The molecule has 1 aliphatic carbocycles. The molecule has 29 heavy (non-hydrogen) atoms. The number of fused-ring (bicyclic) bond motifs is 3. The molecule has 0 amide bonds. The Bertz CT molecular complexity index is 979. The van der Waals surface area contributed by atoms with Gasteiger partial charge in [-0.2, -0.15) is 13.2 Å². The van der Waals surface area contributed by atoms with Crippen LogP contribution in [0.15, 0.2) is 24.3 Å². The Morgan fingerprint density at radius 3 is 2.69 bits per heavy atom. The van der Waals surface area contributed by atoms with Crippen molar-refractivity contribution in [2.75, 3.05) is 0 Å². The predicted octanol–water partition coefficient (Wildman–Crippen LogP) is 7.10. The molecule has 0 N–H and O–H groups in total. The van der Waals surface area contributed by atoms with E-state index in [1.807, 2.05) is 6.92 Å². The van der Waals surface area contributed by atoms with Gasteiger partial charge in [-0.3, -0.25) is 0 Å². The van der Waals surface area contributed by atoms with Crippen molar-refractivity contribution in [2.24, 2.45) is 11.8 Å². The fraction of sp³-hybridized carbons (Fsp3) is 0.476. The summed E-state index contributed by atoms with van der Waals surface area (Å²) in [5, 5.41) is 0.842. The lowest BCUT2D eigenvalue weighted by molar-refractivity contribution is -0.421. The number of halogens is 5. The van der Waals surface area contributed by atoms with E-state index in [0.717, 1.165) is 25.3 Å². The van der Waals surface area contributed by atoms with Crippen molar-refractivity contribution in [1.29, 1.82) is 0 Å². The number of aromatic nitrogens is 1. The molecule has 2 aromatic rings. The minimum atomic E-state index is -4.60. The van der Waals surface area contributed by atoms with E-state index >= 15 is 0 Å². The third kappa shape index (κ3) is 4.00. The van der Waals surface area contributed by atoms with Gasteiger partial charge in [-0.1, -0.05) is 36.2 Å². The average molecular weight is 446 g/mol. The van der Waals surface area contributed by atoms with Crippen LogP contribution in [0.3, 0.4) is 0 Å². The highest BCUT2D eigenvalue weighted by atomic mass is 35.5. The molecular weight excluding hydrogens is 426 g/mol. The van der Waals surface area contributed by atoms with Crippen molar-refractivity contribution >= 4 is 40.2 Å². The Kier molecular flexibility index (Phi) is 5.35. The van der Waals surface area contributed by atoms with E-state index in [4.69, 9.17) is 33.0 Å². The Hall–Kier alpha value is -1.34. The molecule has 2 fully saturated rings. The third-order valence-corrected chi connectivity index (χ3v) is 6.54. The summed E-state index contributed by atoms with van der Waals surface area (Å²) in [6.45, 7) is 4.03. The Labute approximate surface area is 176 Å². The van der Waals surface area contributed by atoms with Crippen LogP contribution < -0.4 is 0 Å². The van der Waals surface area contributed by atoms with Gasteiger partial charge < -0.3 is 0 Å². The topological polar surface area (TPSA) is 31.4 Å². The SMILES string of the molecule is C[C@H]1CC[C@@H]2C[C@@H]1OO[C@@]2(C)/C=C\c1cc(C(F)(F)F)nc2c(Cl)cc(Cl)cc12. The summed E-state index contributed by atoms with van der Waals surface area (Å²) in [7, 11) is 0. The van der Waals surface area contributed by atoms with Crippen LogP contribution >= 0.6 is 23.2 Å². The first-order valence-electron chi connectivity index (χ1n) is 9.47. The molecule has 2 heterocycles. The maximum absolute atomic E-state index is 13.4. The summed E-state index contributed by atoms with van der Waals surface area (Å²) in [6, 6.07) is 3.95. The molecule has 156 valence electrons. The van der Waals surface area contributed by atoms with Gasteiger partial charge in [0, 0.05) is 10.4 Å². The fourth-order valence-electron chi connectivity index (χ4n) is 4.15. The van der Waals surface area contributed by atoms with Crippen molar-refractivity contribution in [1.82, 2.24) is 4.98 Å². The molecule has 1 aromatic heterocycles. The number of hydrogen-bond acceptors (Lipinski definition) is 3. The molecule has 0 unspecified atom stereocenters. The maximum atomic E-state index is 13.4. The zero-order valence-electron chi connectivity index (χ0n) is 15.9. The van der Waals surface area contributed by atoms with Crippen molar-refractivity contribution in [2.45, 2.75) is 51.0 Å². The molecule has 1 saturated carbocycles. The van der Waals surface area contributed by atoms with Gasteiger partial charge in [0.1, 0.15) is 11.3 Å². The molecule has 2 bridgehead atoms. The van der Waals surface area contributed by atoms with E-state index in [-0.39, 0.29) is 22.6 Å². The van der Waals surface area contributed by atoms with Crippen LogP contribution in [-0.2, 0) is 16.0 Å². The maximum Gasteiger partial charge on any atom is 0.433 e. The second-order valence-corrected chi connectivity index (χ2v) is 8.94. The van der Waals surface area contributed by atoms with Gasteiger partial charge in [-0.05, 0) is 67.9 Å². The largest absolute Gasteiger partial charge is 0.433 e. The van der Waals surface area contributed by atoms with Crippen molar-refractivity contribution < 1.29 is 22.9 Å². The lowest BCUT2D eigenvalue weighted by atomic mass is 9.72. The van der Waals surface area contributed by atoms with Crippen LogP contribution in [0.2, 0.25) is 10.0 Å². The number of alkyl halides is 3. The lowest BCUT2D eigenvalue weighted by Crippen LogP contribution is -2.48. The molecule has 1 aromatic carbocycles. The summed E-state index contributed by atoms with van der Waals surface area (Å²) in [5.74, 6) is 0.665. The molecule has 1 aliphatic heterocycles. The Morgan fingerprint density at radius 1 is 1.21 bits per heavy atom. The molecule has 2 aliphatic rings. The van der Waals surface area contributed by atoms with Crippen LogP contribution in [0.4, 0.5) is 13.2 Å². The lowest BCUT2D eigenvalue weighted by Gasteiger charge is -2.46. The van der Waals surface area contributed by atoms with Gasteiger partial charge in [0.2, 0.25) is 0 Å². The quantitative estimate of drug-likeness (QED) is 0.461. The average Bonchev–Trinajstić information content (AvgIpc) is 2.64. The molecule has 1 saturated heterocycles. The summed E-state index contributed by atoms with van der Waals surface area (Å²) in [4.78, 5) is 15.0. The van der Waals surface area contributed by atoms with E-state index in [2.05, 4.69) is 11.9 Å². The monoisotopic (exact) mass is 445 g/mol. The van der Waals surface area contributed by atoms with E-state index in [1.54, 1.807) is 18.2 Å². The molecule has 4 rings (SSSR count). The van der Waals surface area contributed by atoms with Crippen molar-refractivity contribution in [3.63, 3.8) is 0 Å². The van der Waals surface area contributed by atoms with Crippen LogP contribution in [-0.4, -0.2) is 16.7 Å². The summed E-state index contributed by atoms with van der Waals surface area (Å²) >= 11 is 12.2. The van der Waals surface area contributed by atoms with E-state index in [1.165, 1.54) is 6.07 Å². The van der Waals surface area contributed by atoms with Gasteiger partial charge in [0.15, 0.2) is 0 Å². The molecule has 0 spiro atoms. The Balaban J connectivity index is 1.77. The summed E-state index contributed by atoms with van der Waals surface area (Å²) in [6.07, 6.45) is 1.73. The van der Waals surface area contributed by atoms with Crippen molar-refractivity contribution in [3.8, 4) is 0 Å². The smallest absolute Gasteiger partial charge is 0.242 e. The highest BCUT2D eigenvalue weighted by Crippen LogP contribution is 2.44. The number of rotatable bonds is 2. The van der Waals surface area contributed by atoms with Crippen LogP contribution in [0.5, 0.6) is 0 Å². The third-order valence-electron chi connectivity index (χ3n) is 6.03. The normalized spacial score (nSPS) is 30.2. The van der Waals surface area contributed by atoms with Crippen LogP contribution in [0, 0.1) is 11.8 Å². The van der Waals surface area contributed by atoms with Gasteiger partial charge in [-0.25, -0.2) is 14.8 Å². The number of pyridine rings is 1. The molecule has 3 nitrogen and oxygen atoms in total.